The highest BCUT2D eigenvalue weighted by atomic mass is 16.1. The lowest BCUT2D eigenvalue weighted by Gasteiger charge is -2.14. The zero-order chi connectivity index (χ0) is 17.1. The Balaban J connectivity index is 2.07. The fraction of sp³-hybridized carbons (Fsp3) is 0.421. The van der Waals surface area contributed by atoms with Crippen LogP contribution in [0.2, 0.25) is 0 Å². The third-order valence-electron chi connectivity index (χ3n) is 4.14. The summed E-state index contributed by atoms with van der Waals surface area (Å²) in [6.45, 7) is 8.66. The summed E-state index contributed by atoms with van der Waals surface area (Å²) in [7, 11) is 4.02. The Kier molecular flexibility index (Phi) is 5.14. The molecule has 0 bridgehead atoms. The van der Waals surface area contributed by atoms with Gasteiger partial charge < -0.3 is 14.8 Å². The molecule has 0 spiro atoms. The highest BCUT2D eigenvalue weighted by molar-refractivity contribution is 6.00. The van der Waals surface area contributed by atoms with Gasteiger partial charge in [0.15, 0.2) is 5.78 Å². The van der Waals surface area contributed by atoms with Crippen LogP contribution in [0.5, 0.6) is 0 Å². The largest absolute Gasteiger partial charge is 0.378 e. The summed E-state index contributed by atoms with van der Waals surface area (Å²) in [5, 5.41) is 3.22. The molecule has 0 aliphatic rings. The van der Waals surface area contributed by atoms with Gasteiger partial charge in [-0.05, 0) is 58.0 Å². The Morgan fingerprint density at radius 2 is 1.78 bits per heavy atom. The molecule has 0 fully saturated rings. The van der Waals surface area contributed by atoms with Crippen LogP contribution in [-0.2, 0) is 0 Å². The molecule has 0 saturated heterocycles. The minimum absolute atomic E-state index is 0.127. The number of carbonyl (C=O) groups excluding carboxylic acids is 1. The third-order valence-corrected chi connectivity index (χ3v) is 4.14. The molecule has 0 amide bonds. The van der Waals surface area contributed by atoms with Crippen LogP contribution in [0.3, 0.4) is 0 Å². The van der Waals surface area contributed by atoms with Crippen molar-refractivity contribution >= 4 is 17.2 Å². The van der Waals surface area contributed by atoms with E-state index in [9.17, 15) is 4.79 Å². The van der Waals surface area contributed by atoms with Gasteiger partial charge in [0.25, 0.3) is 0 Å². The molecule has 0 aliphatic carbocycles. The van der Waals surface area contributed by atoms with Crippen molar-refractivity contribution in [3.63, 3.8) is 0 Å². The van der Waals surface area contributed by atoms with Crippen molar-refractivity contribution in [2.75, 3.05) is 30.9 Å². The highest BCUT2D eigenvalue weighted by Gasteiger charge is 2.16. The molecule has 1 aromatic carbocycles. The van der Waals surface area contributed by atoms with E-state index in [-0.39, 0.29) is 5.78 Å². The van der Waals surface area contributed by atoms with E-state index in [1.54, 1.807) is 0 Å². The number of nitrogens with zero attached hydrogens (tertiary/aromatic N) is 2. The Morgan fingerprint density at radius 1 is 1.17 bits per heavy atom. The number of aryl methyl sites for hydroxylation is 1. The standard InChI is InChI=1S/C19H27N3O/c1-13(2)22-14(3)11-18(15(22)4)19(23)12-20-16-7-9-17(10-8-16)21(5)6/h7-11,13,20H,12H2,1-6H3. The van der Waals surface area contributed by atoms with Crippen molar-refractivity contribution in [1.29, 1.82) is 0 Å². The smallest absolute Gasteiger partial charge is 0.183 e. The number of nitrogens with one attached hydrogen (secondary N) is 1. The molecule has 124 valence electrons. The van der Waals surface area contributed by atoms with E-state index < -0.39 is 0 Å². The number of Topliss-reactive ketones (excluding diaryl/α,β-unsaturated/α-hetero) is 1. The SMILES string of the molecule is Cc1cc(C(=O)CNc2ccc(N(C)C)cc2)c(C)n1C(C)C. The van der Waals surface area contributed by atoms with Gasteiger partial charge in [0, 0.05) is 48.5 Å². The Bertz CT molecular complexity index is 681. The average molecular weight is 313 g/mol. The van der Waals surface area contributed by atoms with Crippen LogP contribution >= 0.6 is 0 Å². The quantitative estimate of drug-likeness (QED) is 0.818. The van der Waals surface area contributed by atoms with Crippen molar-refractivity contribution < 1.29 is 4.79 Å². The predicted octanol–water partition coefficient (Wildman–Crippen LogP) is 4.05. The summed E-state index contributed by atoms with van der Waals surface area (Å²) in [5.41, 5.74) is 5.10. The van der Waals surface area contributed by atoms with E-state index in [2.05, 4.69) is 35.6 Å². The van der Waals surface area contributed by atoms with E-state index in [1.165, 1.54) is 0 Å². The maximum Gasteiger partial charge on any atom is 0.183 e. The van der Waals surface area contributed by atoms with Crippen LogP contribution in [0.1, 0.15) is 41.6 Å². The molecule has 0 radical (unpaired) electrons. The van der Waals surface area contributed by atoms with Crippen LogP contribution in [0.25, 0.3) is 0 Å². The minimum atomic E-state index is 0.127. The lowest BCUT2D eigenvalue weighted by Crippen LogP contribution is -2.15. The van der Waals surface area contributed by atoms with Gasteiger partial charge in [-0.15, -0.1) is 0 Å². The van der Waals surface area contributed by atoms with Crippen LogP contribution in [-0.4, -0.2) is 31.0 Å². The van der Waals surface area contributed by atoms with Crippen molar-refractivity contribution in [1.82, 2.24) is 4.57 Å². The topological polar surface area (TPSA) is 37.3 Å². The number of rotatable bonds is 6. The number of hydrogen-bond donors (Lipinski definition) is 1. The zero-order valence-electron chi connectivity index (χ0n) is 15.0. The van der Waals surface area contributed by atoms with Crippen LogP contribution in [0.15, 0.2) is 30.3 Å². The summed E-state index contributed by atoms with van der Waals surface area (Å²) in [4.78, 5) is 14.6. The minimum Gasteiger partial charge on any atom is -0.378 e. The second kappa shape index (κ2) is 6.90. The molecule has 0 unspecified atom stereocenters. The van der Waals surface area contributed by atoms with Crippen molar-refractivity contribution in [2.24, 2.45) is 0 Å². The summed E-state index contributed by atoms with van der Waals surface area (Å²) >= 11 is 0. The first-order chi connectivity index (χ1) is 10.8. The number of carbonyl (C=O) groups is 1. The zero-order valence-corrected chi connectivity index (χ0v) is 15.0. The lowest BCUT2D eigenvalue weighted by molar-refractivity contribution is 0.101. The predicted molar refractivity (Wildman–Crippen MR) is 97.9 cm³/mol. The molecule has 23 heavy (non-hydrogen) atoms. The third kappa shape index (κ3) is 3.76. The Hall–Kier alpha value is -2.23. The lowest BCUT2D eigenvalue weighted by atomic mass is 10.1. The van der Waals surface area contributed by atoms with Gasteiger partial charge in [0.1, 0.15) is 0 Å². The number of aromatic nitrogens is 1. The fourth-order valence-corrected chi connectivity index (χ4v) is 3.01. The molecule has 4 heteroatoms. The van der Waals surface area contributed by atoms with Gasteiger partial charge >= 0.3 is 0 Å². The molecule has 1 heterocycles. The molecule has 4 nitrogen and oxygen atoms in total. The first-order valence-corrected chi connectivity index (χ1v) is 8.04. The summed E-state index contributed by atoms with van der Waals surface area (Å²) in [5.74, 6) is 0.127. The Labute approximate surface area is 139 Å². The maximum absolute atomic E-state index is 12.5. The van der Waals surface area contributed by atoms with Gasteiger partial charge in [0.05, 0.1) is 6.54 Å². The molecule has 0 saturated carbocycles. The first kappa shape index (κ1) is 17.1. The van der Waals surface area contributed by atoms with Crippen molar-refractivity contribution in [3.8, 4) is 0 Å². The molecule has 2 aromatic rings. The molecular formula is C19H27N3O. The van der Waals surface area contributed by atoms with Gasteiger partial charge in [-0.3, -0.25) is 4.79 Å². The maximum atomic E-state index is 12.5. The van der Waals surface area contributed by atoms with Crippen LogP contribution in [0, 0.1) is 13.8 Å². The van der Waals surface area contributed by atoms with E-state index in [0.717, 1.165) is 28.3 Å². The summed E-state index contributed by atoms with van der Waals surface area (Å²) in [6, 6.07) is 10.4. The second-order valence-corrected chi connectivity index (χ2v) is 6.47. The molecule has 1 N–H and O–H groups in total. The highest BCUT2D eigenvalue weighted by Crippen LogP contribution is 2.21. The number of hydrogen-bond acceptors (Lipinski definition) is 3. The normalized spacial score (nSPS) is 10.9. The molecule has 1 aromatic heterocycles. The molecular weight excluding hydrogens is 286 g/mol. The molecule has 0 atom stereocenters. The monoisotopic (exact) mass is 313 g/mol. The first-order valence-electron chi connectivity index (χ1n) is 8.04. The van der Waals surface area contributed by atoms with Crippen molar-refractivity contribution in [3.05, 3.63) is 47.3 Å². The summed E-state index contributed by atoms with van der Waals surface area (Å²) < 4.78 is 2.21. The number of benzene rings is 1. The molecule has 0 aliphatic heterocycles. The Morgan fingerprint density at radius 3 is 2.26 bits per heavy atom. The van der Waals surface area contributed by atoms with Crippen LogP contribution < -0.4 is 10.2 Å². The van der Waals surface area contributed by atoms with Crippen LogP contribution in [0.4, 0.5) is 11.4 Å². The summed E-state index contributed by atoms with van der Waals surface area (Å²) in [6.07, 6.45) is 0. The average Bonchev–Trinajstić information content (AvgIpc) is 2.80. The second-order valence-electron chi connectivity index (χ2n) is 6.47. The van der Waals surface area contributed by atoms with Gasteiger partial charge in [-0.2, -0.15) is 0 Å². The van der Waals surface area contributed by atoms with E-state index in [4.69, 9.17) is 0 Å². The van der Waals surface area contributed by atoms with Crippen molar-refractivity contribution in [2.45, 2.75) is 33.7 Å². The fourth-order valence-electron chi connectivity index (χ4n) is 3.01. The van der Waals surface area contributed by atoms with E-state index >= 15 is 0 Å². The van der Waals surface area contributed by atoms with E-state index in [1.807, 2.05) is 51.4 Å². The number of ketones is 1. The number of anilines is 2. The van der Waals surface area contributed by atoms with Gasteiger partial charge in [-0.1, -0.05) is 0 Å². The molecule has 2 rings (SSSR count). The van der Waals surface area contributed by atoms with E-state index in [0.29, 0.717) is 12.6 Å². The van der Waals surface area contributed by atoms with Gasteiger partial charge in [-0.25, -0.2) is 0 Å². The van der Waals surface area contributed by atoms with Gasteiger partial charge in [0.2, 0.25) is 0 Å².